The maximum Gasteiger partial charge on any atom is 0.336 e. The van der Waals surface area contributed by atoms with Crippen LogP contribution in [0.4, 0.5) is 15.9 Å². The summed E-state index contributed by atoms with van der Waals surface area (Å²) in [5.41, 5.74) is 9.04. The molecule has 2 aromatic carbocycles. The van der Waals surface area contributed by atoms with Gasteiger partial charge in [-0.25, -0.2) is 14.2 Å². The van der Waals surface area contributed by atoms with E-state index in [1.807, 2.05) is 11.0 Å². The Morgan fingerprint density at radius 1 is 1.18 bits per heavy atom. The van der Waals surface area contributed by atoms with E-state index in [0.717, 1.165) is 24.1 Å². The number of aromatic nitrogens is 1. The molecule has 0 aliphatic carbocycles. The van der Waals surface area contributed by atoms with Crippen molar-refractivity contribution in [3.63, 3.8) is 0 Å². The predicted octanol–water partition coefficient (Wildman–Crippen LogP) is 3.71. The molecule has 11 nitrogen and oxygen atoms in total. The smallest absolute Gasteiger partial charge is 0.336 e. The molecule has 1 saturated heterocycles. The van der Waals surface area contributed by atoms with E-state index in [1.54, 1.807) is 42.3 Å². The molecule has 2 aliphatic rings. The first-order valence-corrected chi connectivity index (χ1v) is 12.0. The molecule has 0 unspecified atom stereocenters. The average Bonchev–Trinajstić information content (AvgIpc) is 3.21. The van der Waals surface area contributed by atoms with Crippen molar-refractivity contribution in [2.24, 2.45) is 11.1 Å². The first kappa shape index (κ1) is 27.2. The molecule has 3 aromatic rings. The number of fused-ring (bicyclic) bond motifs is 1. The average molecular weight is 533 g/mol. The number of carbonyl (C=O) groups is 2. The van der Waals surface area contributed by atoms with Crippen LogP contribution < -0.4 is 15.5 Å². The minimum absolute atomic E-state index is 0.0206. The number of hydrogen-bond acceptors (Lipinski definition) is 8. The molecule has 12 heteroatoms. The minimum atomic E-state index is -1.15. The van der Waals surface area contributed by atoms with Crippen molar-refractivity contribution < 1.29 is 24.3 Å². The Bertz CT molecular complexity index is 1500. The Labute approximate surface area is 222 Å². The van der Waals surface area contributed by atoms with Gasteiger partial charge in [-0.2, -0.15) is 5.26 Å². The monoisotopic (exact) mass is 532 g/mol. The summed E-state index contributed by atoms with van der Waals surface area (Å²) in [5.74, 6) is -1.44. The Kier molecular flexibility index (Phi) is 7.83. The molecular weight excluding hydrogens is 507 g/mol. The van der Waals surface area contributed by atoms with Gasteiger partial charge in [0.1, 0.15) is 17.7 Å². The van der Waals surface area contributed by atoms with Crippen LogP contribution in [0.15, 0.2) is 47.8 Å². The van der Waals surface area contributed by atoms with Gasteiger partial charge in [0, 0.05) is 43.0 Å². The van der Waals surface area contributed by atoms with E-state index in [1.165, 1.54) is 17.5 Å². The maximum absolute atomic E-state index is 14.7. The molecule has 0 atom stereocenters. The van der Waals surface area contributed by atoms with E-state index >= 15 is 0 Å². The lowest BCUT2D eigenvalue weighted by molar-refractivity contribution is -0.117. The van der Waals surface area contributed by atoms with Crippen LogP contribution in [0.3, 0.4) is 0 Å². The van der Waals surface area contributed by atoms with Crippen molar-refractivity contribution in [3.8, 4) is 28.5 Å². The van der Waals surface area contributed by atoms with E-state index in [4.69, 9.17) is 26.1 Å². The van der Waals surface area contributed by atoms with E-state index in [0.29, 0.717) is 41.3 Å². The van der Waals surface area contributed by atoms with Crippen LogP contribution in [0.1, 0.15) is 34.3 Å². The third-order valence-electron chi connectivity index (χ3n) is 6.91. The number of hydrogen-bond donors (Lipinski definition) is 3. The molecule has 1 aromatic heterocycles. The fourth-order valence-electron chi connectivity index (χ4n) is 4.87. The highest BCUT2D eigenvalue weighted by Gasteiger charge is 2.28. The number of pyridine rings is 1. The molecule has 0 spiro atoms. The standard InChI is InChI=1S/C27H24FN5O3.HNO2/c1-32-22-5-4-15(10-18(22)12-24(32)34)25-20(27(35)36)13-23(33-8-6-19(30)7-9-33)31-26(25)16-2-3-17(14-29)21(28)11-16;2-1-3/h2-5,10-11,13,19H,6-9,12,30H2,1H3,(H,35,36);(H,2,3). The topological polar surface area (TPSA) is 173 Å². The first-order valence-electron chi connectivity index (χ1n) is 12.0. The lowest BCUT2D eigenvalue weighted by atomic mass is 9.92. The van der Waals surface area contributed by atoms with E-state index in [-0.39, 0.29) is 29.5 Å². The number of anilines is 2. The summed E-state index contributed by atoms with van der Waals surface area (Å²) in [6.07, 6.45) is 1.71. The molecule has 39 heavy (non-hydrogen) atoms. The van der Waals surface area contributed by atoms with Crippen molar-refractivity contribution in [2.45, 2.75) is 25.3 Å². The lowest BCUT2D eigenvalue weighted by Gasteiger charge is -2.32. The van der Waals surface area contributed by atoms with Gasteiger partial charge in [0.2, 0.25) is 5.91 Å². The van der Waals surface area contributed by atoms with Crippen molar-refractivity contribution in [1.82, 2.24) is 4.98 Å². The summed E-state index contributed by atoms with van der Waals surface area (Å²) < 4.78 is 14.7. The van der Waals surface area contributed by atoms with Crippen LogP contribution in [-0.2, 0) is 11.2 Å². The number of rotatable bonds is 4. The number of amides is 1. The van der Waals surface area contributed by atoms with Crippen LogP contribution in [0.2, 0.25) is 0 Å². The first-order chi connectivity index (χ1) is 18.7. The third-order valence-corrected chi connectivity index (χ3v) is 6.91. The van der Waals surface area contributed by atoms with Gasteiger partial charge in [-0.05, 0) is 54.3 Å². The zero-order chi connectivity index (χ0) is 28.3. The number of benzene rings is 2. The normalized spacial score (nSPS) is 14.8. The zero-order valence-corrected chi connectivity index (χ0v) is 21.0. The number of nitriles is 1. The molecule has 1 amide bonds. The minimum Gasteiger partial charge on any atom is -0.478 e. The lowest BCUT2D eigenvalue weighted by Crippen LogP contribution is -2.40. The van der Waals surface area contributed by atoms with Gasteiger partial charge >= 0.3 is 5.97 Å². The van der Waals surface area contributed by atoms with Gasteiger partial charge in [0.25, 0.3) is 0 Å². The Balaban J connectivity index is 0.00000112. The van der Waals surface area contributed by atoms with Crippen molar-refractivity contribution >= 4 is 23.4 Å². The van der Waals surface area contributed by atoms with Gasteiger partial charge in [-0.3, -0.25) is 4.79 Å². The Morgan fingerprint density at radius 2 is 1.85 bits per heavy atom. The summed E-state index contributed by atoms with van der Waals surface area (Å²) in [6, 6.07) is 12.9. The highest BCUT2D eigenvalue weighted by molar-refractivity contribution is 6.04. The maximum atomic E-state index is 14.7. The molecule has 1 fully saturated rings. The highest BCUT2D eigenvalue weighted by atomic mass is 19.1. The van der Waals surface area contributed by atoms with Crippen LogP contribution in [0.25, 0.3) is 22.4 Å². The third kappa shape index (κ3) is 5.39. The fraction of sp³-hybridized carbons (Fsp3) is 0.259. The number of likely N-dealkylation sites (N-methyl/N-ethyl adjacent to an activating group) is 1. The quantitative estimate of drug-likeness (QED) is 0.334. The summed E-state index contributed by atoms with van der Waals surface area (Å²) >= 11 is 0. The van der Waals surface area contributed by atoms with Crippen LogP contribution in [0.5, 0.6) is 0 Å². The van der Waals surface area contributed by atoms with Crippen LogP contribution in [0, 0.1) is 22.1 Å². The summed E-state index contributed by atoms with van der Waals surface area (Å²) in [4.78, 5) is 41.2. The van der Waals surface area contributed by atoms with E-state index in [9.17, 15) is 19.1 Å². The number of halogens is 1. The summed E-state index contributed by atoms with van der Waals surface area (Å²) in [5, 5.41) is 27.3. The molecule has 0 saturated carbocycles. The summed E-state index contributed by atoms with van der Waals surface area (Å²) in [6.45, 7) is 1.25. The number of nitrogens with two attached hydrogens (primary N) is 1. The van der Waals surface area contributed by atoms with Gasteiger partial charge in [-0.1, -0.05) is 12.1 Å². The van der Waals surface area contributed by atoms with Gasteiger partial charge in [-0.15, -0.1) is 4.91 Å². The number of piperidine rings is 1. The molecular formula is C27H25FN6O5. The molecule has 200 valence electrons. The number of carboxylic acid groups (broad SMARTS) is 1. The highest BCUT2D eigenvalue weighted by Crippen LogP contribution is 2.40. The molecule has 4 N–H and O–H groups in total. The Hall–Kier alpha value is -4.89. The molecule has 0 bridgehead atoms. The second kappa shape index (κ2) is 11.2. The second-order valence-electron chi connectivity index (χ2n) is 9.24. The van der Waals surface area contributed by atoms with Crippen molar-refractivity contribution in [2.75, 3.05) is 29.9 Å². The van der Waals surface area contributed by atoms with Crippen molar-refractivity contribution in [1.29, 1.82) is 5.26 Å². The number of aromatic carboxylic acids is 1. The fourth-order valence-corrected chi connectivity index (χ4v) is 4.87. The molecule has 2 aliphatic heterocycles. The SMILES string of the molecule is CN1C(=O)Cc2cc(-c3c(C(=O)O)cc(N4CCC(N)CC4)nc3-c3ccc(C#N)c(F)c3)ccc21.O=NO. The number of carbonyl (C=O) groups excluding carboxylic acids is 1. The predicted molar refractivity (Wildman–Crippen MR) is 141 cm³/mol. The van der Waals surface area contributed by atoms with Crippen molar-refractivity contribution in [3.05, 3.63) is 69.9 Å². The zero-order valence-electron chi connectivity index (χ0n) is 21.0. The van der Waals surface area contributed by atoms with Gasteiger partial charge in [0.05, 0.1) is 23.2 Å². The number of carboxylic acids is 1. The second-order valence-corrected chi connectivity index (χ2v) is 9.24. The van der Waals surface area contributed by atoms with Gasteiger partial charge < -0.3 is 25.8 Å². The van der Waals surface area contributed by atoms with Gasteiger partial charge in [0.15, 0.2) is 5.34 Å². The largest absolute Gasteiger partial charge is 0.478 e. The molecule has 0 radical (unpaired) electrons. The van der Waals surface area contributed by atoms with Crippen LogP contribution in [-0.4, -0.2) is 53.4 Å². The van der Waals surface area contributed by atoms with Crippen LogP contribution >= 0.6 is 0 Å². The Morgan fingerprint density at radius 3 is 2.46 bits per heavy atom. The van der Waals surface area contributed by atoms with E-state index in [2.05, 4.69) is 0 Å². The number of nitrogens with zero attached hydrogens (tertiary/aromatic N) is 5. The van der Waals surface area contributed by atoms with E-state index < -0.39 is 11.8 Å². The molecule has 5 rings (SSSR count). The molecule has 3 heterocycles. The summed E-state index contributed by atoms with van der Waals surface area (Å²) in [7, 11) is 1.70.